The van der Waals surface area contributed by atoms with Gasteiger partial charge in [-0.1, -0.05) is 13.0 Å². The van der Waals surface area contributed by atoms with Crippen molar-refractivity contribution in [2.24, 2.45) is 11.0 Å². The van der Waals surface area contributed by atoms with Crippen LogP contribution < -0.4 is 9.75 Å². The molecule has 0 saturated heterocycles. The molecule has 1 aromatic carbocycles. The molecule has 0 fully saturated rings. The number of ketones is 1. The van der Waals surface area contributed by atoms with Crippen molar-refractivity contribution < 1.29 is 31.9 Å². The average Bonchev–Trinajstić information content (AvgIpc) is 3.02. The summed E-state index contributed by atoms with van der Waals surface area (Å²) in [5.74, 6) is -5.55. The lowest BCUT2D eigenvalue weighted by Gasteiger charge is -2.15. The lowest BCUT2D eigenvalue weighted by molar-refractivity contribution is -0.128. The number of alkyl halides is 4. The molecule has 1 atom stereocenters. The van der Waals surface area contributed by atoms with Gasteiger partial charge < -0.3 is 4.74 Å². The number of benzene rings is 1. The number of hydrogen-bond acceptors (Lipinski definition) is 5. The molecule has 1 aliphatic heterocycles. The summed E-state index contributed by atoms with van der Waals surface area (Å²) in [6.45, 7) is -0.146. The first-order valence-electron chi connectivity index (χ1n) is 9.43. The Bertz CT molecular complexity index is 1010. The minimum Gasteiger partial charge on any atom is -0.435 e. The molecule has 2 aromatic rings. The molecule has 1 unspecified atom stereocenters. The van der Waals surface area contributed by atoms with Crippen molar-refractivity contribution in [2.75, 3.05) is 5.01 Å². The molecule has 10 heteroatoms. The maximum atomic E-state index is 13.9. The number of pyridine rings is 1. The van der Waals surface area contributed by atoms with Gasteiger partial charge in [-0.2, -0.15) is 27.7 Å². The van der Waals surface area contributed by atoms with Gasteiger partial charge in [0, 0.05) is 18.5 Å². The fraction of sp³-hybridized carbons (Fsp3) is 0.333. The van der Waals surface area contributed by atoms with E-state index >= 15 is 0 Å². The maximum Gasteiger partial charge on any atom is 0.387 e. The number of amides is 1. The van der Waals surface area contributed by atoms with Crippen LogP contribution in [0.5, 0.6) is 5.75 Å². The smallest absolute Gasteiger partial charge is 0.387 e. The lowest BCUT2D eigenvalue weighted by atomic mass is 9.95. The summed E-state index contributed by atoms with van der Waals surface area (Å²) in [5, 5.41) is 5.09. The van der Waals surface area contributed by atoms with Crippen molar-refractivity contribution in [3.8, 4) is 5.75 Å². The Labute approximate surface area is 175 Å². The standard InChI is InChI=1S/C21H19F4N3O3/c1-3-21(24,25)17-6-4-5-13(26-17)11-16(29)18-12(2)27-28(19(18)30)14-7-9-15(10-8-14)31-20(22)23/h4-10,18,20H,3,11H2,1-2H3. The van der Waals surface area contributed by atoms with Gasteiger partial charge in [0.15, 0.2) is 5.78 Å². The summed E-state index contributed by atoms with van der Waals surface area (Å²) < 4.78 is 56.6. The van der Waals surface area contributed by atoms with E-state index in [0.717, 1.165) is 5.01 Å². The molecule has 0 N–H and O–H groups in total. The predicted molar refractivity (Wildman–Crippen MR) is 104 cm³/mol. The largest absolute Gasteiger partial charge is 0.435 e. The highest BCUT2D eigenvalue weighted by atomic mass is 19.3. The van der Waals surface area contributed by atoms with Crippen LogP contribution in [0.2, 0.25) is 0 Å². The summed E-state index contributed by atoms with van der Waals surface area (Å²) >= 11 is 0. The zero-order valence-electron chi connectivity index (χ0n) is 16.7. The van der Waals surface area contributed by atoms with E-state index in [-0.39, 0.29) is 29.3 Å². The monoisotopic (exact) mass is 437 g/mol. The van der Waals surface area contributed by atoms with Crippen LogP contribution in [0.4, 0.5) is 23.2 Å². The van der Waals surface area contributed by atoms with E-state index in [4.69, 9.17) is 0 Å². The van der Waals surface area contributed by atoms with Crippen molar-refractivity contribution >= 4 is 23.1 Å². The minimum absolute atomic E-state index is 0.0893. The fourth-order valence-corrected chi connectivity index (χ4v) is 3.13. The zero-order chi connectivity index (χ0) is 22.8. The van der Waals surface area contributed by atoms with Gasteiger partial charge in [0.2, 0.25) is 0 Å². The molecule has 6 nitrogen and oxygen atoms in total. The SMILES string of the molecule is CCC(F)(F)c1cccc(CC(=O)C2C(=O)N(c3ccc(OC(F)F)cc3)N=C2C)n1. The van der Waals surface area contributed by atoms with Gasteiger partial charge in [0.1, 0.15) is 17.4 Å². The number of halogens is 4. The number of rotatable bonds is 8. The molecule has 0 bridgehead atoms. The second-order valence-corrected chi connectivity index (χ2v) is 6.91. The number of hydrogen-bond donors (Lipinski definition) is 0. The maximum absolute atomic E-state index is 13.9. The summed E-state index contributed by atoms with van der Waals surface area (Å²) in [5.41, 5.74) is 0.196. The topological polar surface area (TPSA) is 71.9 Å². The lowest BCUT2D eigenvalue weighted by Crippen LogP contribution is -2.33. The molecule has 0 saturated carbocycles. The number of ether oxygens (including phenoxy) is 1. The van der Waals surface area contributed by atoms with Gasteiger partial charge in [0.25, 0.3) is 11.8 Å². The van der Waals surface area contributed by atoms with Crippen LogP contribution >= 0.6 is 0 Å². The van der Waals surface area contributed by atoms with Gasteiger partial charge in [-0.15, -0.1) is 0 Å². The molecular formula is C21H19F4N3O3. The summed E-state index contributed by atoms with van der Waals surface area (Å²) in [4.78, 5) is 29.4. The first kappa shape index (κ1) is 22.4. The highest BCUT2D eigenvalue weighted by molar-refractivity contribution is 6.27. The summed E-state index contributed by atoms with van der Waals surface area (Å²) in [7, 11) is 0. The first-order chi connectivity index (χ1) is 14.6. The van der Waals surface area contributed by atoms with Gasteiger partial charge in [-0.3, -0.25) is 14.6 Å². The van der Waals surface area contributed by atoms with Crippen LogP contribution in [-0.4, -0.2) is 29.0 Å². The van der Waals surface area contributed by atoms with Gasteiger partial charge >= 0.3 is 6.61 Å². The van der Waals surface area contributed by atoms with Crippen molar-refractivity contribution in [2.45, 2.75) is 39.2 Å². The quantitative estimate of drug-likeness (QED) is 0.455. The third kappa shape index (κ3) is 4.89. The Morgan fingerprint density at radius 1 is 1.19 bits per heavy atom. The van der Waals surface area contributed by atoms with Crippen LogP contribution in [0.3, 0.4) is 0 Å². The number of aromatic nitrogens is 1. The van der Waals surface area contributed by atoms with Crippen LogP contribution in [0.1, 0.15) is 31.7 Å². The summed E-state index contributed by atoms with van der Waals surface area (Å²) in [6.07, 6.45) is -0.744. The van der Waals surface area contributed by atoms with Crippen LogP contribution in [0, 0.1) is 5.92 Å². The van der Waals surface area contributed by atoms with Crippen LogP contribution in [0.15, 0.2) is 47.6 Å². The second kappa shape index (κ2) is 8.83. The summed E-state index contributed by atoms with van der Waals surface area (Å²) in [6, 6.07) is 9.23. The molecule has 0 aliphatic carbocycles. The molecule has 3 rings (SSSR count). The Kier molecular flexibility index (Phi) is 6.37. The fourth-order valence-electron chi connectivity index (χ4n) is 3.13. The minimum atomic E-state index is -3.11. The Morgan fingerprint density at radius 2 is 1.87 bits per heavy atom. The number of hydrazone groups is 1. The number of carbonyl (C=O) groups excluding carboxylic acids is 2. The van der Waals surface area contributed by atoms with Gasteiger partial charge in [-0.05, 0) is 43.3 Å². The molecule has 0 radical (unpaired) electrons. The predicted octanol–water partition coefficient (Wildman–Crippen LogP) is 4.34. The Balaban J connectivity index is 1.74. The van der Waals surface area contributed by atoms with Gasteiger partial charge in [0.05, 0.1) is 11.4 Å². The van der Waals surface area contributed by atoms with E-state index in [2.05, 4.69) is 14.8 Å². The average molecular weight is 437 g/mol. The van der Waals surface area contributed by atoms with E-state index < -0.39 is 42.3 Å². The highest BCUT2D eigenvalue weighted by Gasteiger charge is 2.39. The number of carbonyl (C=O) groups is 2. The number of Topliss-reactive ketones (excluding diaryl/α,β-unsaturated/α-hetero) is 1. The zero-order valence-corrected chi connectivity index (χ0v) is 16.7. The third-order valence-corrected chi connectivity index (χ3v) is 4.74. The normalized spacial score (nSPS) is 16.6. The molecule has 0 spiro atoms. The van der Waals surface area contributed by atoms with E-state index in [9.17, 15) is 27.2 Å². The van der Waals surface area contributed by atoms with Crippen molar-refractivity contribution in [3.63, 3.8) is 0 Å². The molecular weight excluding hydrogens is 418 g/mol. The molecule has 31 heavy (non-hydrogen) atoms. The number of anilines is 1. The van der Waals surface area contributed by atoms with Crippen molar-refractivity contribution in [1.82, 2.24) is 4.98 Å². The van der Waals surface area contributed by atoms with Crippen molar-refractivity contribution in [3.05, 3.63) is 53.9 Å². The van der Waals surface area contributed by atoms with Crippen LogP contribution in [-0.2, 0) is 21.9 Å². The first-order valence-corrected chi connectivity index (χ1v) is 9.43. The molecule has 1 aliphatic rings. The highest BCUT2D eigenvalue weighted by Crippen LogP contribution is 2.30. The van der Waals surface area contributed by atoms with E-state index in [1.807, 2.05) is 0 Å². The Hall–Kier alpha value is -3.30. The molecule has 1 aromatic heterocycles. The van der Waals surface area contributed by atoms with E-state index in [0.29, 0.717) is 0 Å². The molecule has 1 amide bonds. The third-order valence-electron chi connectivity index (χ3n) is 4.74. The van der Waals surface area contributed by atoms with Gasteiger partial charge in [-0.25, -0.2) is 0 Å². The number of nitrogens with zero attached hydrogens (tertiary/aromatic N) is 3. The van der Waals surface area contributed by atoms with E-state index in [1.54, 1.807) is 0 Å². The van der Waals surface area contributed by atoms with Crippen molar-refractivity contribution in [1.29, 1.82) is 0 Å². The molecule has 164 valence electrons. The Morgan fingerprint density at radius 3 is 2.48 bits per heavy atom. The van der Waals surface area contributed by atoms with E-state index in [1.165, 1.54) is 56.3 Å². The van der Waals surface area contributed by atoms with Crippen LogP contribution in [0.25, 0.3) is 0 Å². The second-order valence-electron chi connectivity index (χ2n) is 6.91. The molecule has 2 heterocycles.